The first-order chi connectivity index (χ1) is 8.72. The van der Waals surface area contributed by atoms with Crippen molar-refractivity contribution in [1.29, 1.82) is 0 Å². The first kappa shape index (κ1) is 14.2. The number of hydrogen-bond donors (Lipinski definition) is 2. The summed E-state index contributed by atoms with van der Waals surface area (Å²) in [7, 11) is 1.36. The number of hydrogen-bond acceptors (Lipinski definition) is 6. The summed E-state index contributed by atoms with van der Waals surface area (Å²) in [5.41, 5.74) is 0.981. The molecule has 0 amide bonds. The number of anilines is 2. The molecule has 0 fully saturated rings. The number of esters is 1. The third-order valence-electron chi connectivity index (χ3n) is 2.47. The van der Waals surface area contributed by atoms with Crippen LogP contribution in [-0.2, 0) is 16.0 Å². The normalized spacial score (nSPS) is 9.94. The summed E-state index contributed by atoms with van der Waals surface area (Å²) < 4.78 is 4.58. The minimum absolute atomic E-state index is 0.105. The van der Waals surface area contributed by atoms with E-state index in [2.05, 4.69) is 32.3 Å². The molecule has 0 unspecified atom stereocenters. The van der Waals surface area contributed by atoms with Gasteiger partial charge in [0.25, 0.3) is 0 Å². The fraction of sp³-hybridized carbons (Fsp3) is 0.583. The summed E-state index contributed by atoms with van der Waals surface area (Å²) in [6.45, 7) is 5.09. The fourth-order valence-corrected chi connectivity index (χ4v) is 1.52. The van der Waals surface area contributed by atoms with Crippen LogP contribution >= 0.6 is 0 Å². The molecule has 1 heterocycles. The minimum atomic E-state index is -0.321. The van der Waals surface area contributed by atoms with Crippen molar-refractivity contribution in [3.05, 3.63) is 11.9 Å². The van der Waals surface area contributed by atoms with E-state index in [4.69, 9.17) is 0 Å². The summed E-state index contributed by atoms with van der Waals surface area (Å²) >= 11 is 0. The van der Waals surface area contributed by atoms with Gasteiger partial charge in [-0.1, -0.05) is 13.8 Å². The highest BCUT2D eigenvalue weighted by Crippen LogP contribution is 2.20. The van der Waals surface area contributed by atoms with E-state index in [1.54, 1.807) is 0 Å². The van der Waals surface area contributed by atoms with E-state index >= 15 is 0 Å². The molecule has 0 aromatic carbocycles. The molecular formula is C12H20N4O2. The summed E-state index contributed by atoms with van der Waals surface area (Å²) in [5.74, 6) is 1.18. The molecule has 0 aliphatic heterocycles. The molecule has 0 spiro atoms. The average Bonchev–Trinajstić information content (AvgIpc) is 2.42. The molecule has 18 heavy (non-hydrogen) atoms. The SMILES string of the molecule is CCCNc1ncnc(NCC(=O)OC)c1CC. The molecule has 0 saturated carbocycles. The highest BCUT2D eigenvalue weighted by molar-refractivity contribution is 5.75. The lowest BCUT2D eigenvalue weighted by Crippen LogP contribution is -2.17. The highest BCUT2D eigenvalue weighted by atomic mass is 16.5. The number of nitrogens with one attached hydrogen (secondary N) is 2. The van der Waals surface area contributed by atoms with E-state index in [0.29, 0.717) is 5.82 Å². The van der Waals surface area contributed by atoms with Crippen LogP contribution in [0.2, 0.25) is 0 Å². The van der Waals surface area contributed by atoms with Gasteiger partial charge >= 0.3 is 5.97 Å². The van der Waals surface area contributed by atoms with E-state index in [1.165, 1.54) is 13.4 Å². The van der Waals surface area contributed by atoms with Crippen molar-refractivity contribution in [3.63, 3.8) is 0 Å². The van der Waals surface area contributed by atoms with Gasteiger partial charge in [0.1, 0.15) is 24.5 Å². The van der Waals surface area contributed by atoms with Crippen LogP contribution in [0.25, 0.3) is 0 Å². The topological polar surface area (TPSA) is 76.1 Å². The molecule has 1 aromatic heterocycles. The molecule has 0 aliphatic rings. The lowest BCUT2D eigenvalue weighted by molar-refractivity contribution is -0.138. The molecule has 0 saturated heterocycles. The number of ether oxygens (including phenoxy) is 1. The Morgan fingerprint density at radius 2 is 1.94 bits per heavy atom. The fourth-order valence-electron chi connectivity index (χ4n) is 1.52. The number of rotatable bonds is 7. The molecule has 100 valence electrons. The summed E-state index contributed by atoms with van der Waals surface area (Å²) in [6, 6.07) is 0. The lowest BCUT2D eigenvalue weighted by Gasteiger charge is -2.13. The summed E-state index contributed by atoms with van der Waals surface area (Å²) in [6.07, 6.45) is 3.30. The molecule has 1 rings (SSSR count). The quantitative estimate of drug-likeness (QED) is 0.715. The number of carbonyl (C=O) groups excluding carboxylic acids is 1. The van der Waals surface area contributed by atoms with Gasteiger partial charge in [-0.15, -0.1) is 0 Å². The van der Waals surface area contributed by atoms with Crippen LogP contribution in [0.1, 0.15) is 25.8 Å². The molecule has 0 bridgehead atoms. The Bertz CT molecular complexity index is 396. The monoisotopic (exact) mass is 252 g/mol. The molecule has 6 nitrogen and oxygen atoms in total. The number of carbonyl (C=O) groups is 1. The van der Waals surface area contributed by atoms with Crippen molar-refractivity contribution in [3.8, 4) is 0 Å². The van der Waals surface area contributed by atoms with Crippen LogP contribution in [0.4, 0.5) is 11.6 Å². The third kappa shape index (κ3) is 3.87. The van der Waals surface area contributed by atoms with Gasteiger partial charge in [-0.2, -0.15) is 0 Å². The van der Waals surface area contributed by atoms with Gasteiger partial charge in [0.2, 0.25) is 0 Å². The van der Waals surface area contributed by atoms with Crippen molar-refractivity contribution in [2.24, 2.45) is 0 Å². The van der Waals surface area contributed by atoms with E-state index in [1.807, 2.05) is 6.92 Å². The average molecular weight is 252 g/mol. The van der Waals surface area contributed by atoms with Crippen LogP contribution in [0.3, 0.4) is 0 Å². The zero-order valence-electron chi connectivity index (χ0n) is 11.1. The van der Waals surface area contributed by atoms with Crippen molar-refractivity contribution in [2.45, 2.75) is 26.7 Å². The minimum Gasteiger partial charge on any atom is -0.468 e. The predicted molar refractivity (Wildman–Crippen MR) is 70.7 cm³/mol. The Kier molecular flexibility index (Phi) is 5.90. The van der Waals surface area contributed by atoms with Gasteiger partial charge in [-0.25, -0.2) is 9.97 Å². The number of aromatic nitrogens is 2. The Labute approximate surface area is 107 Å². The second-order valence-corrected chi connectivity index (χ2v) is 3.76. The van der Waals surface area contributed by atoms with Gasteiger partial charge in [0.15, 0.2) is 0 Å². The van der Waals surface area contributed by atoms with Crippen LogP contribution in [-0.4, -0.2) is 36.1 Å². The van der Waals surface area contributed by atoms with Crippen LogP contribution in [0.15, 0.2) is 6.33 Å². The number of methoxy groups -OCH3 is 1. The maximum absolute atomic E-state index is 11.1. The molecule has 0 atom stereocenters. The highest BCUT2D eigenvalue weighted by Gasteiger charge is 2.10. The zero-order valence-corrected chi connectivity index (χ0v) is 11.1. The number of nitrogens with zero attached hydrogens (tertiary/aromatic N) is 2. The second-order valence-electron chi connectivity index (χ2n) is 3.76. The molecule has 2 N–H and O–H groups in total. The zero-order chi connectivity index (χ0) is 13.4. The molecule has 1 aromatic rings. The standard InChI is InChI=1S/C12H20N4O2/c1-4-6-13-11-9(5-2)12(16-8-15-11)14-7-10(17)18-3/h8H,4-7H2,1-3H3,(H2,13,14,15,16). The van der Waals surface area contributed by atoms with E-state index < -0.39 is 0 Å². The second kappa shape index (κ2) is 7.47. The van der Waals surface area contributed by atoms with E-state index in [9.17, 15) is 4.79 Å². The van der Waals surface area contributed by atoms with Crippen molar-refractivity contribution >= 4 is 17.6 Å². The van der Waals surface area contributed by atoms with Crippen molar-refractivity contribution < 1.29 is 9.53 Å². The molecule has 6 heteroatoms. The van der Waals surface area contributed by atoms with Gasteiger partial charge < -0.3 is 15.4 Å². The maximum atomic E-state index is 11.1. The largest absolute Gasteiger partial charge is 0.468 e. The van der Waals surface area contributed by atoms with Gasteiger partial charge in [0, 0.05) is 12.1 Å². The van der Waals surface area contributed by atoms with Crippen LogP contribution in [0, 0.1) is 0 Å². The lowest BCUT2D eigenvalue weighted by atomic mass is 10.2. The van der Waals surface area contributed by atoms with E-state index in [-0.39, 0.29) is 12.5 Å². The Hall–Kier alpha value is -1.85. The predicted octanol–water partition coefficient (Wildman–Crippen LogP) is 1.45. The smallest absolute Gasteiger partial charge is 0.325 e. The van der Waals surface area contributed by atoms with Crippen molar-refractivity contribution in [2.75, 3.05) is 30.8 Å². The Balaban J connectivity index is 2.80. The van der Waals surface area contributed by atoms with Crippen molar-refractivity contribution in [1.82, 2.24) is 9.97 Å². The van der Waals surface area contributed by atoms with Crippen LogP contribution < -0.4 is 10.6 Å². The third-order valence-corrected chi connectivity index (χ3v) is 2.47. The van der Waals surface area contributed by atoms with Gasteiger partial charge in [-0.05, 0) is 12.8 Å². The maximum Gasteiger partial charge on any atom is 0.325 e. The summed E-state index contributed by atoms with van der Waals surface area (Å²) in [4.78, 5) is 19.5. The van der Waals surface area contributed by atoms with Crippen LogP contribution in [0.5, 0.6) is 0 Å². The molecule has 0 radical (unpaired) electrons. The van der Waals surface area contributed by atoms with Gasteiger partial charge in [-0.3, -0.25) is 4.79 Å². The first-order valence-corrected chi connectivity index (χ1v) is 6.11. The Morgan fingerprint density at radius 3 is 2.50 bits per heavy atom. The molecule has 0 aliphatic carbocycles. The first-order valence-electron chi connectivity index (χ1n) is 6.11. The van der Waals surface area contributed by atoms with E-state index in [0.717, 1.165) is 30.8 Å². The summed E-state index contributed by atoms with van der Waals surface area (Å²) in [5, 5.41) is 6.21. The van der Waals surface area contributed by atoms with Gasteiger partial charge in [0.05, 0.1) is 7.11 Å². The Morgan fingerprint density at radius 1 is 1.28 bits per heavy atom. The molecular weight excluding hydrogens is 232 g/mol.